The maximum atomic E-state index is 12.7. The molecule has 0 radical (unpaired) electrons. The number of amides is 3. The fraction of sp³-hybridized carbons (Fsp3) is 0.364. The Balaban J connectivity index is 1.71. The van der Waals surface area contributed by atoms with Gasteiger partial charge in [-0.2, -0.15) is 13.2 Å². The van der Waals surface area contributed by atoms with Crippen molar-refractivity contribution in [1.29, 1.82) is 0 Å². The van der Waals surface area contributed by atoms with Crippen molar-refractivity contribution in [1.82, 2.24) is 5.32 Å². The zero-order chi connectivity index (χ0) is 23.1. The van der Waals surface area contributed by atoms with Gasteiger partial charge >= 0.3 is 12.2 Å². The van der Waals surface area contributed by atoms with Crippen LogP contribution in [0, 0.1) is 0 Å². The third-order valence-electron chi connectivity index (χ3n) is 5.01. The number of hydrogen-bond donors (Lipinski definition) is 3. The van der Waals surface area contributed by atoms with Crippen LogP contribution in [0.4, 0.5) is 35.0 Å². The Bertz CT molecular complexity index is 942. The van der Waals surface area contributed by atoms with Crippen LogP contribution in [-0.4, -0.2) is 45.3 Å². The lowest BCUT2D eigenvalue weighted by molar-refractivity contribution is -0.137. The number of nitrogens with one attached hydrogen (secondary N) is 3. The van der Waals surface area contributed by atoms with E-state index in [2.05, 4.69) is 20.9 Å². The van der Waals surface area contributed by atoms with Crippen molar-refractivity contribution in [2.75, 3.05) is 48.9 Å². The molecule has 3 N–H and O–H groups in total. The molecule has 0 aliphatic carbocycles. The average molecular weight is 450 g/mol. The highest BCUT2D eigenvalue weighted by Gasteiger charge is 2.30. The number of benzene rings is 2. The summed E-state index contributed by atoms with van der Waals surface area (Å²) in [5.74, 6) is -0.282. The SMILES string of the molecule is COCCNC(=O)c1cc(NC(=O)Nc2ccc(C(F)(F)F)cc2)ccc1N1CCCC1. The Hall–Kier alpha value is -3.27. The summed E-state index contributed by atoms with van der Waals surface area (Å²) in [6.07, 6.45) is -2.36. The topological polar surface area (TPSA) is 82.7 Å². The van der Waals surface area contributed by atoms with Gasteiger partial charge in [0.2, 0.25) is 0 Å². The molecule has 0 aromatic heterocycles. The predicted octanol–water partition coefficient (Wildman–Crippen LogP) is 4.33. The minimum Gasteiger partial charge on any atom is -0.383 e. The van der Waals surface area contributed by atoms with Crippen LogP contribution in [0.5, 0.6) is 0 Å². The minimum absolute atomic E-state index is 0.210. The largest absolute Gasteiger partial charge is 0.416 e. The Kier molecular flexibility index (Phi) is 7.57. The molecule has 10 heteroatoms. The molecule has 1 aliphatic rings. The molecule has 0 saturated carbocycles. The number of carbonyl (C=O) groups excluding carboxylic acids is 2. The molecule has 2 aromatic rings. The zero-order valence-corrected chi connectivity index (χ0v) is 17.6. The molecule has 0 bridgehead atoms. The van der Waals surface area contributed by atoms with Gasteiger partial charge in [0.15, 0.2) is 0 Å². The predicted molar refractivity (Wildman–Crippen MR) is 116 cm³/mol. The second kappa shape index (κ2) is 10.4. The third kappa shape index (κ3) is 6.13. The van der Waals surface area contributed by atoms with Gasteiger partial charge in [-0.3, -0.25) is 4.79 Å². The first-order valence-corrected chi connectivity index (χ1v) is 10.2. The number of hydrogen-bond acceptors (Lipinski definition) is 4. The second-order valence-electron chi connectivity index (χ2n) is 7.33. The highest BCUT2D eigenvalue weighted by molar-refractivity contribution is 6.04. The molecule has 32 heavy (non-hydrogen) atoms. The average Bonchev–Trinajstić information content (AvgIpc) is 3.28. The van der Waals surface area contributed by atoms with Crippen molar-refractivity contribution in [3.63, 3.8) is 0 Å². The molecule has 7 nitrogen and oxygen atoms in total. The van der Waals surface area contributed by atoms with Crippen molar-refractivity contribution in [2.24, 2.45) is 0 Å². The fourth-order valence-electron chi connectivity index (χ4n) is 3.43. The van der Waals surface area contributed by atoms with Gasteiger partial charge in [-0.05, 0) is 55.3 Å². The molecule has 0 spiro atoms. The van der Waals surface area contributed by atoms with E-state index in [1.54, 1.807) is 25.3 Å². The van der Waals surface area contributed by atoms with E-state index in [1.165, 1.54) is 12.1 Å². The number of methoxy groups -OCH3 is 1. The number of ether oxygens (including phenoxy) is 1. The van der Waals surface area contributed by atoms with Crippen molar-refractivity contribution in [3.05, 3.63) is 53.6 Å². The Morgan fingerprint density at radius 1 is 1.00 bits per heavy atom. The van der Waals surface area contributed by atoms with Gasteiger partial charge < -0.3 is 25.6 Å². The summed E-state index contributed by atoms with van der Waals surface area (Å²) in [5.41, 5.74) is 1.00. The van der Waals surface area contributed by atoms with Gasteiger partial charge in [-0.1, -0.05) is 0 Å². The molecule has 0 unspecified atom stereocenters. The molecule has 3 amide bonds. The van der Waals surface area contributed by atoms with Gasteiger partial charge in [0, 0.05) is 43.8 Å². The van der Waals surface area contributed by atoms with Gasteiger partial charge in [-0.25, -0.2) is 4.79 Å². The number of nitrogens with zero attached hydrogens (tertiary/aromatic N) is 1. The van der Waals surface area contributed by atoms with E-state index in [0.29, 0.717) is 24.4 Å². The van der Waals surface area contributed by atoms with Crippen LogP contribution in [0.15, 0.2) is 42.5 Å². The summed E-state index contributed by atoms with van der Waals surface area (Å²) in [4.78, 5) is 27.2. The Morgan fingerprint density at radius 3 is 2.25 bits per heavy atom. The molecule has 1 heterocycles. The summed E-state index contributed by atoms with van der Waals surface area (Å²) in [6.45, 7) is 2.41. The van der Waals surface area contributed by atoms with Gasteiger partial charge in [0.1, 0.15) is 0 Å². The van der Waals surface area contributed by atoms with Crippen LogP contribution < -0.4 is 20.9 Å². The molecular formula is C22H25F3N4O3. The van der Waals surface area contributed by atoms with E-state index in [4.69, 9.17) is 4.74 Å². The first-order valence-electron chi connectivity index (χ1n) is 10.2. The lowest BCUT2D eigenvalue weighted by Gasteiger charge is -2.22. The minimum atomic E-state index is -4.45. The van der Waals surface area contributed by atoms with Crippen molar-refractivity contribution in [2.45, 2.75) is 19.0 Å². The van der Waals surface area contributed by atoms with Crippen molar-refractivity contribution in [3.8, 4) is 0 Å². The van der Waals surface area contributed by atoms with Crippen LogP contribution in [0.25, 0.3) is 0 Å². The molecule has 1 aliphatic heterocycles. The van der Waals surface area contributed by atoms with Crippen molar-refractivity contribution >= 4 is 29.0 Å². The second-order valence-corrected chi connectivity index (χ2v) is 7.33. The number of anilines is 3. The lowest BCUT2D eigenvalue weighted by atomic mass is 10.1. The molecule has 172 valence electrons. The van der Waals surface area contributed by atoms with Crippen LogP contribution in [0.1, 0.15) is 28.8 Å². The maximum absolute atomic E-state index is 12.7. The van der Waals surface area contributed by atoms with Crippen LogP contribution in [-0.2, 0) is 10.9 Å². The van der Waals surface area contributed by atoms with E-state index < -0.39 is 17.8 Å². The molecule has 0 atom stereocenters. The number of halogens is 3. The monoisotopic (exact) mass is 450 g/mol. The molecular weight excluding hydrogens is 425 g/mol. The van der Waals surface area contributed by atoms with Gasteiger partial charge in [-0.15, -0.1) is 0 Å². The summed E-state index contributed by atoms with van der Waals surface area (Å²) >= 11 is 0. The highest BCUT2D eigenvalue weighted by atomic mass is 19.4. The molecule has 2 aromatic carbocycles. The summed E-state index contributed by atoms with van der Waals surface area (Å²) in [7, 11) is 1.54. The summed E-state index contributed by atoms with van der Waals surface area (Å²) < 4.78 is 43.0. The molecule has 1 fully saturated rings. The Morgan fingerprint density at radius 2 is 1.62 bits per heavy atom. The van der Waals surface area contributed by atoms with E-state index >= 15 is 0 Å². The van der Waals surface area contributed by atoms with Crippen LogP contribution >= 0.6 is 0 Å². The van der Waals surface area contributed by atoms with Gasteiger partial charge in [0.05, 0.1) is 17.7 Å². The highest BCUT2D eigenvalue weighted by Crippen LogP contribution is 2.30. The number of alkyl halides is 3. The standard InChI is InChI=1S/C22H25F3N4O3/c1-32-13-10-26-20(30)18-14-17(8-9-19(18)29-11-2-3-12-29)28-21(31)27-16-6-4-15(5-7-16)22(23,24)25/h4-9,14H,2-3,10-13H2,1H3,(H,26,30)(H2,27,28,31). The first kappa shape index (κ1) is 23.4. The molecule has 3 rings (SSSR count). The smallest absolute Gasteiger partial charge is 0.383 e. The maximum Gasteiger partial charge on any atom is 0.416 e. The zero-order valence-electron chi connectivity index (χ0n) is 17.6. The summed E-state index contributed by atoms with van der Waals surface area (Å²) in [5, 5.41) is 7.90. The Labute approximate surface area is 183 Å². The number of rotatable bonds is 7. The first-order chi connectivity index (χ1) is 15.3. The van der Waals surface area contributed by atoms with Crippen LogP contribution in [0.2, 0.25) is 0 Å². The molecule has 1 saturated heterocycles. The summed E-state index contributed by atoms with van der Waals surface area (Å²) in [6, 6.07) is 8.55. The van der Waals surface area contributed by atoms with E-state index in [-0.39, 0.29) is 11.6 Å². The lowest BCUT2D eigenvalue weighted by Crippen LogP contribution is -2.30. The third-order valence-corrected chi connectivity index (χ3v) is 5.01. The van der Waals surface area contributed by atoms with Crippen LogP contribution in [0.3, 0.4) is 0 Å². The quantitative estimate of drug-likeness (QED) is 0.549. The fourth-order valence-corrected chi connectivity index (χ4v) is 3.43. The van der Waals surface area contributed by atoms with E-state index in [0.717, 1.165) is 43.8 Å². The normalized spacial score (nSPS) is 13.7. The van der Waals surface area contributed by atoms with Crippen molar-refractivity contribution < 1.29 is 27.5 Å². The number of urea groups is 1. The number of carbonyl (C=O) groups is 2. The van der Waals surface area contributed by atoms with E-state index in [9.17, 15) is 22.8 Å². The van der Waals surface area contributed by atoms with E-state index in [1.807, 2.05) is 0 Å². The van der Waals surface area contributed by atoms with Gasteiger partial charge in [0.25, 0.3) is 5.91 Å².